The van der Waals surface area contributed by atoms with Crippen LogP contribution in [0.3, 0.4) is 0 Å². The summed E-state index contributed by atoms with van der Waals surface area (Å²) >= 11 is 0. The highest BCUT2D eigenvalue weighted by molar-refractivity contribution is 5.33. The molecule has 106 valence electrons. The molecule has 1 saturated carbocycles. The summed E-state index contributed by atoms with van der Waals surface area (Å²) in [6.07, 6.45) is 1.27. The number of hydrogen-bond acceptors (Lipinski definition) is 3. The molecule has 20 heavy (non-hydrogen) atoms. The molecule has 0 bridgehead atoms. The van der Waals surface area contributed by atoms with Gasteiger partial charge in [-0.05, 0) is 30.5 Å². The summed E-state index contributed by atoms with van der Waals surface area (Å²) in [5, 5.41) is 3.40. The molecule has 0 saturated heterocycles. The van der Waals surface area contributed by atoms with Gasteiger partial charge in [-0.2, -0.15) is 0 Å². The van der Waals surface area contributed by atoms with Crippen LogP contribution in [0.1, 0.15) is 36.3 Å². The Bertz CT molecular complexity index is 576. The molecule has 1 fully saturated rings. The number of benzene rings is 1. The van der Waals surface area contributed by atoms with Gasteiger partial charge in [-0.15, -0.1) is 0 Å². The summed E-state index contributed by atoms with van der Waals surface area (Å²) in [4.78, 5) is 0. The molecule has 0 spiro atoms. The lowest BCUT2D eigenvalue weighted by atomic mass is 10.2. The first-order chi connectivity index (χ1) is 9.78. The van der Waals surface area contributed by atoms with Crippen LogP contribution in [0.2, 0.25) is 0 Å². The number of rotatable bonds is 6. The van der Waals surface area contributed by atoms with Crippen LogP contribution in [0.4, 0.5) is 0 Å². The van der Waals surface area contributed by atoms with Gasteiger partial charge in [-0.3, -0.25) is 0 Å². The molecule has 1 aromatic heterocycles. The van der Waals surface area contributed by atoms with Crippen LogP contribution in [0.25, 0.3) is 0 Å². The number of methoxy groups -OCH3 is 1. The maximum Gasteiger partial charge on any atom is 0.123 e. The van der Waals surface area contributed by atoms with Gasteiger partial charge in [-0.1, -0.05) is 25.1 Å². The topological polar surface area (TPSA) is 34.4 Å². The summed E-state index contributed by atoms with van der Waals surface area (Å²) in [5.74, 6) is 4.51. The summed E-state index contributed by atoms with van der Waals surface area (Å²) < 4.78 is 11.2. The van der Waals surface area contributed by atoms with Crippen molar-refractivity contribution in [1.82, 2.24) is 5.32 Å². The smallest absolute Gasteiger partial charge is 0.123 e. The van der Waals surface area contributed by atoms with Crippen molar-refractivity contribution in [1.29, 1.82) is 0 Å². The van der Waals surface area contributed by atoms with Gasteiger partial charge in [0, 0.05) is 18.0 Å². The van der Waals surface area contributed by atoms with Crippen molar-refractivity contribution in [2.45, 2.75) is 32.4 Å². The van der Waals surface area contributed by atoms with Crippen molar-refractivity contribution in [2.24, 2.45) is 5.92 Å². The van der Waals surface area contributed by atoms with E-state index in [1.165, 1.54) is 6.42 Å². The van der Waals surface area contributed by atoms with E-state index < -0.39 is 0 Å². The van der Waals surface area contributed by atoms with E-state index in [4.69, 9.17) is 9.15 Å². The maximum atomic E-state index is 5.88. The van der Waals surface area contributed by atoms with Gasteiger partial charge in [-0.25, -0.2) is 0 Å². The maximum absolute atomic E-state index is 5.88. The Kier molecular flexibility index (Phi) is 3.79. The number of para-hydroxylation sites is 1. The minimum absolute atomic E-state index is 0.651. The second kappa shape index (κ2) is 5.71. The standard InChI is InChI=1S/C17H21NO2/c1-12-9-15(12)17-8-7-14(20-17)11-18-10-13-5-3-4-6-16(13)19-2/h3-8,12,15,18H,9-11H2,1-2H3/t12-,15+/m1/s1. The number of ether oxygens (including phenoxy) is 1. The van der Waals surface area contributed by atoms with Crippen molar-refractivity contribution in [2.75, 3.05) is 7.11 Å². The summed E-state index contributed by atoms with van der Waals surface area (Å²) in [6, 6.07) is 12.3. The van der Waals surface area contributed by atoms with Gasteiger partial charge < -0.3 is 14.5 Å². The highest BCUT2D eigenvalue weighted by Gasteiger charge is 2.36. The Morgan fingerprint density at radius 2 is 2.00 bits per heavy atom. The SMILES string of the molecule is COc1ccccc1CNCc1ccc([C@H]2C[C@H]2C)o1. The van der Waals surface area contributed by atoms with E-state index in [-0.39, 0.29) is 0 Å². The van der Waals surface area contributed by atoms with E-state index >= 15 is 0 Å². The predicted molar refractivity (Wildman–Crippen MR) is 78.8 cm³/mol. The zero-order valence-corrected chi connectivity index (χ0v) is 12.1. The van der Waals surface area contributed by atoms with E-state index in [1.807, 2.05) is 18.2 Å². The van der Waals surface area contributed by atoms with Crippen LogP contribution in [-0.4, -0.2) is 7.11 Å². The van der Waals surface area contributed by atoms with E-state index in [0.717, 1.165) is 41.8 Å². The highest BCUT2D eigenvalue weighted by atomic mass is 16.5. The Balaban J connectivity index is 1.53. The third-order valence-electron chi connectivity index (χ3n) is 3.96. The van der Waals surface area contributed by atoms with Gasteiger partial charge in [0.15, 0.2) is 0 Å². The highest BCUT2D eigenvalue weighted by Crippen LogP contribution is 2.47. The minimum atomic E-state index is 0.651. The van der Waals surface area contributed by atoms with E-state index in [0.29, 0.717) is 5.92 Å². The fourth-order valence-corrected chi connectivity index (χ4v) is 2.58. The molecule has 0 aliphatic heterocycles. The molecule has 0 radical (unpaired) electrons. The van der Waals surface area contributed by atoms with Gasteiger partial charge in [0.1, 0.15) is 17.3 Å². The Hall–Kier alpha value is -1.74. The lowest BCUT2D eigenvalue weighted by molar-refractivity contribution is 0.405. The first kappa shape index (κ1) is 13.3. The van der Waals surface area contributed by atoms with Crippen molar-refractivity contribution < 1.29 is 9.15 Å². The van der Waals surface area contributed by atoms with Crippen molar-refractivity contribution in [3.8, 4) is 5.75 Å². The molecular weight excluding hydrogens is 250 g/mol. The molecule has 3 rings (SSSR count). The average Bonchev–Trinajstić information content (AvgIpc) is 3.01. The molecule has 1 heterocycles. The zero-order valence-electron chi connectivity index (χ0n) is 12.1. The lowest BCUT2D eigenvalue weighted by Gasteiger charge is -2.08. The third-order valence-corrected chi connectivity index (χ3v) is 3.96. The molecule has 1 N–H and O–H groups in total. The van der Waals surface area contributed by atoms with E-state index in [2.05, 4.69) is 30.4 Å². The first-order valence-corrected chi connectivity index (χ1v) is 7.19. The van der Waals surface area contributed by atoms with Crippen LogP contribution >= 0.6 is 0 Å². The fourth-order valence-electron chi connectivity index (χ4n) is 2.58. The van der Waals surface area contributed by atoms with E-state index in [1.54, 1.807) is 7.11 Å². The number of furan rings is 1. The van der Waals surface area contributed by atoms with Crippen LogP contribution in [0.5, 0.6) is 5.75 Å². The Labute approximate surface area is 119 Å². The van der Waals surface area contributed by atoms with E-state index in [9.17, 15) is 0 Å². The quantitative estimate of drug-likeness (QED) is 0.870. The van der Waals surface area contributed by atoms with Crippen LogP contribution in [-0.2, 0) is 13.1 Å². The van der Waals surface area contributed by atoms with Crippen molar-refractivity contribution in [3.05, 3.63) is 53.5 Å². The number of nitrogens with one attached hydrogen (secondary N) is 1. The predicted octanol–water partition coefficient (Wildman–Crippen LogP) is 3.70. The molecule has 2 atom stereocenters. The third kappa shape index (κ3) is 2.88. The molecule has 0 amide bonds. The Morgan fingerprint density at radius 1 is 1.20 bits per heavy atom. The monoisotopic (exact) mass is 271 g/mol. The Morgan fingerprint density at radius 3 is 2.75 bits per heavy atom. The fraction of sp³-hybridized carbons (Fsp3) is 0.412. The summed E-state index contributed by atoms with van der Waals surface area (Å²) in [6.45, 7) is 3.80. The normalized spacial score (nSPS) is 20.9. The van der Waals surface area contributed by atoms with Gasteiger partial charge in [0.25, 0.3) is 0 Å². The molecular formula is C17H21NO2. The molecule has 1 aliphatic carbocycles. The zero-order chi connectivity index (χ0) is 13.9. The molecule has 3 nitrogen and oxygen atoms in total. The lowest BCUT2D eigenvalue weighted by Crippen LogP contribution is -2.12. The molecule has 1 aromatic carbocycles. The van der Waals surface area contributed by atoms with Crippen LogP contribution in [0, 0.1) is 5.92 Å². The van der Waals surface area contributed by atoms with Crippen LogP contribution < -0.4 is 10.1 Å². The van der Waals surface area contributed by atoms with Crippen molar-refractivity contribution >= 4 is 0 Å². The average molecular weight is 271 g/mol. The molecule has 0 unspecified atom stereocenters. The molecule has 2 aromatic rings. The van der Waals surface area contributed by atoms with Crippen molar-refractivity contribution in [3.63, 3.8) is 0 Å². The van der Waals surface area contributed by atoms with Gasteiger partial charge in [0.2, 0.25) is 0 Å². The second-order valence-electron chi connectivity index (χ2n) is 5.54. The summed E-state index contributed by atoms with van der Waals surface area (Å²) in [7, 11) is 1.70. The molecule has 1 aliphatic rings. The number of hydrogen-bond donors (Lipinski definition) is 1. The van der Waals surface area contributed by atoms with Gasteiger partial charge >= 0.3 is 0 Å². The minimum Gasteiger partial charge on any atom is -0.496 e. The van der Waals surface area contributed by atoms with Crippen LogP contribution in [0.15, 0.2) is 40.8 Å². The first-order valence-electron chi connectivity index (χ1n) is 7.19. The second-order valence-corrected chi connectivity index (χ2v) is 5.54. The summed E-state index contributed by atoms with van der Waals surface area (Å²) in [5.41, 5.74) is 1.16. The van der Waals surface area contributed by atoms with Gasteiger partial charge in [0.05, 0.1) is 13.7 Å². The largest absolute Gasteiger partial charge is 0.496 e. The molecule has 3 heteroatoms.